The Morgan fingerprint density at radius 1 is 1.21 bits per heavy atom. The molecule has 1 saturated heterocycles. The number of rotatable bonds is 10. The van der Waals surface area contributed by atoms with Crippen LogP contribution in [0.4, 0.5) is 4.39 Å². The summed E-state index contributed by atoms with van der Waals surface area (Å²) in [6.45, 7) is 0.198. The number of aromatic nitrogens is 2. The molecule has 1 aromatic rings. The molecule has 0 saturated carbocycles. The molecule has 0 spiro atoms. The van der Waals surface area contributed by atoms with Gasteiger partial charge in [0, 0.05) is 14.2 Å². The molecule has 190 valence electrons. The van der Waals surface area contributed by atoms with Crippen LogP contribution in [0.1, 0.15) is 13.2 Å². The smallest absolute Gasteiger partial charge is 0.388 e. The molecule has 4 N–H and O–H groups in total. The third-order valence-electron chi connectivity index (χ3n) is 4.16. The molecule has 2 heterocycles. The summed E-state index contributed by atoms with van der Waals surface area (Å²) in [6, 6.07) is 0. The SMILES string of the molecule is COP(=O)(O)OP(=O)(OC)OP(=O)(O)OC[C@H]1O[C@@H](n2cc(F)c(=O)[nH]c2=O)[C@](C)(Cl)[C@@H]1O. The van der Waals surface area contributed by atoms with E-state index in [0.29, 0.717) is 25.0 Å². The highest BCUT2D eigenvalue weighted by atomic mass is 35.5. The summed E-state index contributed by atoms with van der Waals surface area (Å²) >= 11 is 6.22. The molecule has 21 heteroatoms. The van der Waals surface area contributed by atoms with Gasteiger partial charge < -0.3 is 19.6 Å². The molecule has 0 amide bonds. The summed E-state index contributed by atoms with van der Waals surface area (Å²) in [5.74, 6) is -1.36. The van der Waals surface area contributed by atoms with Crippen molar-refractivity contribution < 1.29 is 59.9 Å². The van der Waals surface area contributed by atoms with Gasteiger partial charge in [-0.05, 0) is 6.92 Å². The first-order valence-electron chi connectivity index (χ1n) is 8.44. The van der Waals surface area contributed by atoms with E-state index in [4.69, 9.17) is 16.3 Å². The molecule has 2 rings (SSSR count). The summed E-state index contributed by atoms with van der Waals surface area (Å²) < 4.78 is 76.3. The Bertz CT molecular complexity index is 1140. The number of nitrogens with zero attached hydrogens (tertiary/aromatic N) is 1. The lowest BCUT2D eigenvalue weighted by atomic mass is 10.0. The minimum atomic E-state index is -5.37. The molecular formula is C12H19ClFN2O14P3. The van der Waals surface area contributed by atoms with Gasteiger partial charge in [-0.3, -0.25) is 27.9 Å². The summed E-state index contributed by atoms with van der Waals surface area (Å²) in [4.78, 5) is 42.0. The van der Waals surface area contributed by atoms with E-state index < -0.39 is 70.5 Å². The van der Waals surface area contributed by atoms with E-state index in [9.17, 15) is 42.6 Å². The van der Waals surface area contributed by atoms with Crippen molar-refractivity contribution >= 4 is 35.1 Å². The number of aromatic amines is 1. The minimum Gasteiger partial charge on any atom is -0.388 e. The van der Waals surface area contributed by atoms with E-state index in [1.54, 1.807) is 4.98 Å². The number of H-pyrrole nitrogens is 1. The fourth-order valence-electron chi connectivity index (χ4n) is 2.54. The van der Waals surface area contributed by atoms with Crippen LogP contribution >= 0.6 is 35.1 Å². The van der Waals surface area contributed by atoms with Crippen LogP contribution in [-0.2, 0) is 40.6 Å². The Hall–Kier alpha value is -0.770. The van der Waals surface area contributed by atoms with Crippen molar-refractivity contribution in [3.63, 3.8) is 0 Å². The third-order valence-corrected chi connectivity index (χ3v) is 9.20. The number of halogens is 2. The van der Waals surface area contributed by atoms with Gasteiger partial charge in [0.1, 0.15) is 17.1 Å². The van der Waals surface area contributed by atoms with Crippen molar-refractivity contribution in [1.29, 1.82) is 0 Å². The Balaban J connectivity index is 2.18. The van der Waals surface area contributed by atoms with Crippen molar-refractivity contribution in [2.45, 2.75) is 30.2 Å². The Labute approximate surface area is 188 Å². The van der Waals surface area contributed by atoms with Gasteiger partial charge in [0.15, 0.2) is 6.23 Å². The maximum absolute atomic E-state index is 13.6. The monoisotopic (exact) mass is 562 g/mol. The summed E-state index contributed by atoms with van der Waals surface area (Å²) in [5.41, 5.74) is -2.44. The lowest BCUT2D eigenvalue weighted by Crippen LogP contribution is -2.43. The zero-order valence-corrected chi connectivity index (χ0v) is 20.3. The van der Waals surface area contributed by atoms with Crippen LogP contribution in [0, 0.1) is 5.82 Å². The van der Waals surface area contributed by atoms with Gasteiger partial charge in [0.25, 0.3) is 5.56 Å². The Morgan fingerprint density at radius 3 is 2.33 bits per heavy atom. The molecule has 7 atom stereocenters. The van der Waals surface area contributed by atoms with Crippen LogP contribution in [0.5, 0.6) is 0 Å². The second kappa shape index (κ2) is 10.1. The molecule has 1 fully saturated rings. The van der Waals surface area contributed by atoms with Crippen molar-refractivity contribution in [1.82, 2.24) is 9.55 Å². The summed E-state index contributed by atoms with van der Waals surface area (Å²) in [7, 11) is -14.2. The van der Waals surface area contributed by atoms with E-state index in [1.807, 2.05) is 0 Å². The van der Waals surface area contributed by atoms with Crippen molar-refractivity contribution in [2.75, 3.05) is 20.8 Å². The first-order valence-corrected chi connectivity index (χ1v) is 13.3. The van der Waals surface area contributed by atoms with Gasteiger partial charge in [-0.2, -0.15) is 13.0 Å². The Kier molecular flexibility index (Phi) is 8.69. The first kappa shape index (κ1) is 28.5. The van der Waals surface area contributed by atoms with Gasteiger partial charge >= 0.3 is 29.2 Å². The van der Waals surface area contributed by atoms with E-state index in [2.05, 4.69) is 22.2 Å². The molecule has 1 aromatic heterocycles. The number of alkyl halides is 1. The number of ether oxygens (including phenoxy) is 1. The Morgan fingerprint density at radius 2 is 1.79 bits per heavy atom. The van der Waals surface area contributed by atoms with Gasteiger partial charge in [-0.1, -0.05) is 0 Å². The van der Waals surface area contributed by atoms with Crippen LogP contribution in [-0.4, -0.2) is 62.4 Å². The molecular weight excluding hydrogens is 544 g/mol. The molecule has 0 radical (unpaired) electrons. The molecule has 0 aliphatic carbocycles. The number of nitrogens with one attached hydrogen (secondary N) is 1. The maximum Gasteiger partial charge on any atom is 0.492 e. The van der Waals surface area contributed by atoms with Crippen LogP contribution < -0.4 is 11.2 Å². The fraction of sp³-hybridized carbons (Fsp3) is 0.667. The number of phosphoric acid groups is 3. The lowest BCUT2D eigenvalue weighted by Gasteiger charge is -2.26. The van der Waals surface area contributed by atoms with E-state index in [1.165, 1.54) is 6.92 Å². The van der Waals surface area contributed by atoms with Crippen molar-refractivity contribution in [2.24, 2.45) is 0 Å². The molecule has 0 aromatic carbocycles. The first-order chi connectivity index (χ1) is 15.0. The van der Waals surface area contributed by atoms with Gasteiger partial charge in [-0.15, -0.1) is 11.6 Å². The number of aliphatic hydroxyl groups excluding tert-OH is 1. The van der Waals surface area contributed by atoms with E-state index >= 15 is 0 Å². The summed E-state index contributed by atoms with van der Waals surface area (Å²) in [6.07, 6.45) is -4.36. The van der Waals surface area contributed by atoms with Crippen LogP contribution in [0.3, 0.4) is 0 Å². The van der Waals surface area contributed by atoms with Crippen LogP contribution in [0.2, 0.25) is 0 Å². The molecule has 33 heavy (non-hydrogen) atoms. The highest BCUT2D eigenvalue weighted by Crippen LogP contribution is 2.69. The second-order valence-corrected chi connectivity index (χ2v) is 12.4. The van der Waals surface area contributed by atoms with Crippen LogP contribution in [0.25, 0.3) is 0 Å². The molecule has 1 aliphatic heterocycles. The van der Waals surface area contributed by atoms with Gasteiger partial charge in [0.2, 0.25) is 5.82 Å². The zero-order chi connectivity index (χ0) is 25.4. The maximum atomic E-state index is 13.6. The van der Waals surface area contributed by atoms with Gasteiger partial charge in [-0.25, -0.2) is 18.5 Å². The predicted octanol–water partition coefficient (Wildman–Crippen LogP) is 0.583. The van der Waals surface area contributed by atoms with Crippen LogP contribution in [0.15, 0.2) is 15.8 Å². The number of hydrogen-bond acceptors (Lipinski definition) is 12. The summed E-state index contributed by atoms with van der Waals surface area (Å²) in [5, 5.41) is 10.4. The second-order valence-electron chi connectivity index (χ2n) is 6.48. The average molecular weight is 563 g/mol. The van der Waals surface area contributed by atoms with Gasteiger partial charge in [0.05, 0.1) is 12.8 Å². The normalized spacial score (nSPS) is 31.0. The highest BCUT2D eigenvalue weighted by Gasteiger charge is 2.54. The molecule has 1 aliphatic rings. The molecule has 16 nitrogen and oxygen atoms in total. The van der Waals surface area contributed by atoms with Crippen molar-refractivity contribution in [3.05, 3.63) is 32.9 Å². The predicted molar refractivity (Wildman–Crippen MR) is 105 cm³/mol. The zero-order valence-electron chi connectivity index (χ0n) is 16.9. The minimum absolute atomic E-state index is 0.484. The molecule has 0 bridgehead atoms. The van der Waals surface area contributed by atoms with E-state index in [0.717, 1.165) is 0 Å². The fourth-order valence-corrected chi connectivity index (χ4v) is 6.57. The quantitative estimate of drug-likeness (QED) is 0.226. The molecule has 3 unspecified atom stereocenters. The average Bonchev–Trinajstić information content (AvgIpc) is 2.91. The van der Waals surface area contributed by atoms with E-state index in [-0.39, 0.29) is 0 Å². The topological polar surface area (TPSA) is 222 Å². The largest absolute Gasteiger partial charge is 0.492 e. The number of phosphoric ester groups is 2. The number of hydrogen-bond donors (Lipinski definition) is 4. The third kappa shape index (κ3) is 6.67. The lowest BCUT2D eigenvalue weighted by molar-refractivity contribution is -0.0464. The highest BCUT2D eigenvalue weighted by molar-refractivity contribution is 7.67. The van der Waals surface area contributed by atoms with Crippen molar-refractivity contribution in [3.8, 4) is 0 Å². The standard InChI is InChI=1S/C12H19ClFN2O14P3/c1-12(13)8(17)7(28-10(12)16-4-6(14)9(18)15-11(16)19)5-27-32(22,23)30-33(24,26-3)29-31(20,21)25-2/h4,7-8,10,17H,5H2,1-3H3,(H,20,21)(H,22,23)(H,15,18,19)/t7-,8-,10-,12-,33?/m1/s1. The number of aliphatic hydroxyl groups is 1.